The second kappa shape index (κ2) is 5.13. The number of aliphatic hydroxyl groups excluding tert-OH is 1. The predicted molar refractivity (Wildman–Crippen MR) is 60.3 cm³/mol. The zero-order valence-corrected chi connectivity index (χ0v) is 9.84. The van der Waals surface area contributed by atoms with Gasteiger partial charge in [0.25, 0.3) is 0 Å². The first kappa shape index (κ1) is 12.0. The number of aliphatic hydroxyl groups is 1. The van der Waals surface area contributed by atoms with E-state index in [0.717, 1.165) is 18.9 Å². The molecule has 14 heavy (non-hydrogen) atoms. The third-order valence-electron chi connectivity index (χ3n) is 3.87. The van der Waals surface area contributed by atoms with E-state index < -0.39 is 0 Å². The van der Waals surface area contributed by atoms with Gasteiger partial charge in [-0.2, -0.15) is 0 Å². The fraction of sp³-hybridized carbons (Fsp3) is 1.00. The molecular weight excluding hydrogens is 174 g/mol. The van der Waals surface area contributed by atoms with Crippen LogP contribution in [0.3, 0.4) is 0 Å². The maximum Gasteiger partial charge on any atom is 0.0448 e. The van der Waals surface area contributed by atoms with Gasteiger partial charge in [-0.15, -0.1) is 0 Å². The standard InChI is InChI=1S/C12H25NO/c1-4-13-12(7-8-14)6-5-10(2)9-11(12)3/h10-11,13-14H,4-9H2,1-3H3. The number of nitrogens with one attached hydrogen (secondary N) is 1. The van der Waals surface area contributed by atoms with Crippen LogP contribution in [0.1, 0.15) is 46.5 Å². The molecule has 3 atom stereocenters. The predicted octanol–water partition coefficient (Wildman–Crippen LogP) is 2.17. The van der Waals surface area contributed by atoms with Crippen molar-refractivity contribution in [1.29, 1.82) is 0 Å². The Morgan fingerprint density at radius 3 is 2.64 bits per heavy atom. The van der Waals surface area contributed by atoms with Crippen LogP contribution in [0.5, 0.6) is 0 Å². The van der Waals surface area contributed by atoms with Gasteiger partial charge in [-0.25, -0.2) is 0 Å². The van der Waals surface area contributed by atoms with E-state index in [1.54, 1.807) is 0 Å². The molecule has 2 heteroatoms. The summed E-state index contributed by atoms with van der Waals surface area (Å²) in [5.74, 6) is 1.55. The van der Waals surface area contributed by atoms with Crippen LogP contribution in [0.25, 0.3) is 0 Å². The van der Waals surface area contributed by atoms with Crippen molar-refractivity contribution >= 4 is 0 Å². The highest BCUT2D eigenvalue weighted by Gasteiger charge is 2.38. The molecule has 3 unspecified atom stereocenters. The minimum Gasteiger partial charge on any atom is -0.396 e. The van der Waals surface area contributed by atoms with E-state index in [4.69, 9.17) is 5.11 Å². The van der Waals surface area contributed by atoms with Gasteiger partial charge in [0.05, 0.1) is 0 Å². The van der Waals surface area contributed by atoms with Crippen LogP contribution in [0.15, 0.2) is 0 Å². The first-order valence-corrected chi connectivity index (χ1v) is 6.00. The summed E-state index contributed by atoms with van der Waals surface area (Å²) in [6, 6.07) is 0. The van der Waals surface area contributed by atoms with Crippen molar-refractivity contribution in [2.24, 2.45) is 11.8 Å². The molecule has 0 aromatic carbocycles. The Kier molecular flexibility index (Phi) is 4.39. The SMILES string of the molecule is CCNC1(CCO)CCC(C)CC1C. The number of hydrogen-bond acceptors (Lipinski definition) is 2. The molecule has 0 spiro atoms. The molecule has 0 bridgehead atoms. The fourth-order valence-electron chi connectivity index (χ4n) is 2.97. The Labute approximate surface area is 88.1 Å². The fourth-order valence-corrected chi connectivity index (χ4v) is 2.97. The third kappa shape index (κ3) is 2.48. The molecule has 2 nitrogen and oxygen atoms in total. The normalized spacial score (nSPS) is 38.6. The zero-order valence-electron chi connectivity index (χ0n) is 9.84. The lowest BCUT2D eigenvalue weighted by molar-refractivity contribution is 0.0924. The molecule has 1 aliphatic rings. The van der Waals surface area contributed by atoms with E-state index in [9.17, 15) is 0 Å². The highest BCUT2D eigenvalue weighted by Crippen LogP contribution is 2.38. The summed E-state index contributed by atoms with van der Waals surface area (Å²) >= 11 is 0. The summed E-state index contributed by atoms with van der Waals surface area (Å²) in [7, 11) is 0. The monoisotopic (exact) mass is 199 g/mol. The Morgan fingerprint density at radius 2 is 2.14 bits per heavy atom. The molecule has 0 aromatic rings. The highest BCUT2D eigenvalue weighted by molar-refractivity contribution is 4.96. The van der Waals surface area contributed by atoms with Crippen molar-refractivity contribution in [3.63, 3.8) is 0 Å². The van der Waals surface area contributed by atoms with Crippen LogP contribution in [0.4, 0.5) is 0 Å². The van der Waals surface area contributed by atoms with Crippen molar-refractivity contribution in [3.8, 4) is 0 Å². The van der Waals surface area contributed by atoms with Crippen LogP contribution in [0.2, 0.25) is 0 Å². The van der Waals surface area contributed by atoms with Crippen LogP contribution in [0, 0.1) is 11.8 Å². The lowest BCUT2D eigenvalue weighted by Gasteiger charge is -2.45. The molecule has 1 fully saturated rings. The summed E-state index contributed by atoms with van der Waals surface area (Å²) in [4.78, 5) is 0. The van der Waals surface area contributed by atoms with Gasteiger partial charge >= 0.3 is 0 Å². The minimum absolute atomic E-state index is 0.218. The van der Waals surface area contributed by atoms with E-state index in [2.05, 4.69) is 26.1 Å². The maximum absolute atomic E-state index is 9.15. The van der Waals surface area contributed by atoms with Crippen LogP contribution in [-0.4, -0.2) is 23.8 Å². The summed E-state index contributed by atoms with van der Waals surface area (Å²) in [5.41, 5.74) is 0.218. The van der Waals surface area contributed by atoms with Crippen LogP contribution >= 0.6 is 0 Å². The Hall–Kier alpha value is -0.0800. The van der Waals surface area contributed by atoms with Crippen LogP contribution in [-0.2, 0) is 0 Å². The Morgan fingerprint density at radius 1 is 1.43 bits per heavy atom. The summed E-state index contributed by atoms with van der Waals surface area (Å²) < 4.78 is 0. The quantitative estimate of drug-likeness (QED) is 0.727. The molecule has 84 valence electrons. The van der Waals surface area contributed by atoms with E-state index >= 15 is 0 Å². The molecule has 0 aliphatic heterocycles. The lowest BCUT2D eigenvalue weighted by atomic mass is 9.68. The molecule has 1 rings (SSSR count). The van der Waals surface area contributed by atoms with Crippen molar-refractivity contribution in [2.45, 2.75) is 52.0 Å². The van der Waals surface area contributed by atoms with Gasteiger partial charge in [0, 0.05) is 12.1 Å². The molecule has 0 heterocycles. The maximum atomic E-state index is 9.15. The Bertz CT molecular complexity index is 164. The zero-order chi connectivity index (χ0) is 10.6. The van der Waals surface area contributed by atoms with Gasteiger partial charge < -0.3 is 10.4 Å². The number of rotatable bonds is 4. The van der Waals surface area contributed by atoms with Crippen molar-refractivity contribution in [1.82, 2.24) is 5.32 Å². The van der Waals surface area contributed by atoms with E-state index in [-0.39, 0.29) is 5.54 Å². The molecular formula is C12H25NO. The Balaban J connectivity index is 2.64. The minimum atomic E-state index is 0.218. The van der Waals surface area contributed by atoms with Crippen LogP contribution < -0.4 is 5.32 Å². The van der Waals surface area contributed by atoms with Gasteiger partial charge in [-0.05, 0) is 44.1 Å². The molecule has 0 saturated heterocycles. The molecule has 0 aromatic heterocycles. The summed E-state index contributed by atoms with van der Waals surface area (Å²) in [5, 5.41) is 12.8. The first-order chi connectivity index (χ1) is 6.64. The first-order valence-electron chi connectivity index (χ1n) is 6.00. The smallest absolute Gasteiger partial charge is 0.0448 e. The molecule has 0 radical (unpaired) electrons. The largest absolute Gasteiger partial charge is 0.396 e. The van der Waals surface area contributed by atoms with Crippen molar-refractivity contribution < 1.29 is 5.11 Å². The third-order valence-corrected chi connectivity index (χ3v) is 3.87. The number of hydrogen-bond donors (Lipinski definition) is 2. The van der Waals surface area contributed by atoms with Crippen molar-refractivity contribution in [2.75, 3.05) is 13.2 Å². The average molecular weight is 199 g/mol. The molecule has 1 aliphatic carbocycles. The van der Waals surface area contributed by atoms with Gasteiger partial charge in [0.1, 0.15) is 0 Å². The summed E-state index contributed by atoms with van der Waals surface area (Å²) in [6.07, 6.45) is 4.74. The molecule has 2 N–H and O–H groups in total. The van der Waals surface area contributed by atoms with Gasteiger partial charge in [0.15, 0.2) is 0 Å². The van der Waals surface area contributed by atoms with E-state index in [1.807, 2.05) is 0 Å². The van der Waals surface area contributed by atoms with Gasteiger partial charge in [0.2, 0.25) is 0 Å². The van der Waals surface area contributed by atoms with Gasteiger partial charge in [-0.1, -0.05) is 20.8 Å². The summed E-state index contributed by atoms with van der Waals surface area (Å²) in [6.45, 7) is 8.15. The lowest BCUT2D eigenvalue weighted by Crippen LogP contribution is -2.53. The van der Waals surface area contributed by atoms with Gasteiger partial charge in [-0.3, -0.25) is 0 Å². The topological polar surface area (TPSA) is 32.3 Å². The molecule has 1 saturated carbocycles. The average Bonchev–Trinajstić information content (AvgIpc) is 2.13. The second-order valence-corrected chi connectivity index (χ2v) is 4.94. The second-order valence-electron chi connectivity index (χ2n) is 4.94. The van der Waals surface area contributed by atoms with E-state index in [0.29, 0.717) is 12.5 Å². The van der Waals surface area contributed by atoms with E-state index in [1.165, 1.54) is 19.3 Å². The molecule has 0 amide bonds. The highest BCUT2D eigenvalue weighted by atomic mass is 16.3. The van der Waals surface area contributed by atoms with Crippen molar-refractivity contribution in [3.05, 3.63) is 0 Å².